The van der Waals surface area contributed by atoms with Crippen molar-refractivity contribution in [3.05, 3.63) is 29.6 Å². The van der Waals surface area contributed by atoms with Gasteiger partial charge in [0.25, 0.3) is 0 Å². The van der Waals surface area contributed by atoms with Gasteiger partial charge in [-0.15, -0.1) is 0 Å². The number of aliphatic imine (C=N–C) groups is 1. The van der Waals surface area contributed by atoms with Crippen LogP contribution in [0.1, 0.15) is 38.7 Å². The van der Waals surface area contributed by atoms with Crippen molar-refractivity contribution in [2.75, 3.05) is 33.4 Å². The zero-order chi connectivity index (χ0) is 17.6. The van der Waals surface area contributed by atoms with Gasteiger partial charge in [-0.1, -0.05) is 19.4 Å². The van der Waals surface area contributed by atoms with Crippen LogP contribution in [0.3, 0.4) is 0 Å². The maximum absolute atomic E-state index is 13.7. The molecule has 2 N–H and O–H groups in total. The Kier molecular flexibility index (Phi) is 10.6. The van der Waals surface area contributed by atoms with Crippen LogP contribution in [0, 0.1) is 5.82 Å². The van der Waals surface area contributed by atoms with Gasteiger partial charge in [-0.25, -0.2) is 9.38 Å². The number of hydrogen-bond acceptors (Lipinski definition) is 3. The number of nitrogens with one attached hydrogen (secondary N) is 2. The fourth-order valence-corrected chi connectivity index (χ4v) is 2.05. The normalized spacial score (nSPS) is 11.4. The highest BCUT2D eigenvalue weighted by Crippen LogP contribution is 2.17. The highest BCUT2D eigenvalue weighted by Gasteiger charge is 2.03. The number of halogens is 1. The Labute approximate surface area is 144 Å². The molecule has 24 heavy (non-hydrogen) atoms. The second kappa shape index (κ2) is 12.6. The summed E-state index contributed by atoms with van der Waals surface area (Å²) in [6, 6.07) is 4.89. The van der Waals surface area contributed by atoms with Gasteiger partial charge in [-0.3, -0.25) is 0 Å². The molecule has 5 nitrogen and oxygen atoms in total. The van der Waals surface area contributed by atoms with Gasteiger partial charge >= 0.3 is 0 Å². The number of nitrogens with zero attached hydrogens (tertiary/aromatic N) is 1. The lowest BCUT2D eigenvalue weighted by molar-refractivity contribution is 0.129. The molecule has 0 fully saturated rings. The molecular formula is C18H30FN3O2. The number of rotatable bonds is 11. The Balaban J connectivity index is 2.40. The molecule has 0 aromatic heterocycles. The van der Waals surface area contributed by atoms with Crippen LogP contribution in [-0.2, 0) is 11.3 Å². The number of methoxy groups -OCH3 is 1. The van der Waals surface area contributed by atoms with E-state index in [4.69, 9.17) is 9.47 Å². The molecule has 1 aromatic rings. The van der Waals surface area contributed by atoms with E-state index >= 15 is 0 Å². The molecule has 0 atom stereocenters. The maximum atomic E-state index is 13.7. The Bertz CT molecular complexity index is 495. The summed E-state index contributed by atoms with van der Waals surface area (Å²) in [7, 11) is 1.45. The van der Waals surface area contributed by atoms with E-state index in [1.165, 1.54) is 13.2 Å². The van der Waals surface area contributed by atoms with Crippen molar-refractivity contribution in [3.8, 4) is 5.75 Å². The fraction of sp³-hybridized carbons (Fsp3) is 0.611. The Hall–Kier alpha value is -1.82. The van der Waals surface area contributed by atoms with E-state index in [9.17, 15) is 4.39 Å². The lowest BCUT2D eigenvalue weighted by Gasteiger charge is -2.11. The molecule has 0 heterocycles. The van der Waals surface area contributed by atoms with Crippen molar-refractivity contribution in [1.29, 1.82) is 0 Å². The van der Waals surface area contributed by atoms with Crippen molar-refractivity contribution >= 4 is 5.96 Å². The summed E-state index contributed by atoms with van der Waals surface area (Å²) in [5.41, 5.74) is 0.799. The molecule has 1 rings (SSSR count). The summed E-state index contributed by atoms with van der Waals surface area (Å²) >= 11 is 0. The van der Waals surface area contributed by atoms with Crippen LogP contribution in [0.25, 0.3) is 0 Å². The summed E-state index contributed by atoms with van der Waals surface area (Å²) in [5.74, 6) is 0.602. The Morgan fingerprint density at radius 1 is 1.17 bits per heavy atom. The maximum Gasteiger partial charge on any atom is 0.191 e. The SMILES string of the molecule is CCCCOCCCNC(=NCc1ccc(OC)c(F)c1)NCC. The topological polar surface area (TPSA) is 54.9 Å². The van der Waals surface area contributed by atoms with Crippen LogP contribution in [0.15, 0.2) is 23.2 Å². The lowest BCUT2D eigenvalue weighted by atomic mass is 10.2. The Morgan fingerprint density at radius 2 is 1.96 bits per heavy atom. The van der Waals surface area contributed by atoms with Gasteiger partial charge in [0.15, 0.2) is 17.5 Å². The van der Waals surface area contributed by atoms with E-state index < -0.39 is 0 Å². The van der Waals surface area contributed by atoms with Crippen LogP contribution >= 0.6 is 0 Å². The molecule has 0 amide bonds. The minimum absolute atomic E-state index is 0.246. The van der Waals surface area contributed by atoms with E-state index in [1.807, 2.05) is 13.0 Å². The third-order valence-corrected chi connectivity index (χ3v) is 3.38. The van der Waals surface area contributed by atoms with Crippen molar-refractivity contribution in [1.82, 2.24) is 10.6 Å². The van der Waals surface area contributed by atoms with Gasteiger partial charge in [0.2, 0.25) is 0 Å². The van der Waals surface area contributed by atoms with E-state index in [1.54, 1.807) is 6.07 Å². The third kappa shape index (κ3) is 8.15. The average molecular weight is 339 g/mol. The smallest absolute Gasteiger partial charge is 0.191 e. The highest BCUT2D eigenvalue weighted by atomic mass is 19.1. The van der Waals surface area contributed by atoms with Crippen LogP contribution in [0.5, 0.6) is 5.75 Å². The second-order valence-electron chi connectivity index (χ2n) is 5.41. The molecule has 0 spiro atoms. The quantitative estimate of drug-likeness (QED) is 0.369. The van der Waals surface area contributed by atoms with Crippen LogP contribution in [-0.4, -0.2) is 39.4 Å². The first-order valence-corrected chi connectivity index (χ1v) is 8.63. The molecule has 136 valence electrons. The summed E-state index contributed by atoms with van der Waals surface area (Å²) in [6.45, 7) is 7.70. The van der Waals surface area contributed by atoms with Crippen molar-refractivity contribution in [2.45, 2.75) is 39.7 Å². The van der Waals surface area contributed by atoms with Gasteiger partial charge < -0.3 is 20.1 Å². The molecule has 0 bridgehead atoms. The van der Waals surface area contributed by atoms with Crippen LogP contribution < -0.4 is 15.4 Å². The Morgan fingerprint density at radius 3 is 2.62 bits per heavy atom. The van der Waals surface area contributed by atoms with E-state index in [-0.39, 0.29) is 11.6 Å². The van der Waals surface area contributed by atoms with Crippen LogP contribution in [0.4, 0.5) is 4.39 Å². The predicted molar refractivity (Wildman–Crippen MR) is 96.1 cm³/mol. The second-order valence-corrected chi connectivity index (χ2v) is 5.41. The summed E-state index contributed by atoms with van der Waals surface area (Å²) in [4.78, 5) is 4.47. The molecular weight excluding hydrogens is 309 g/mol. The summed E-state index contributed by atoms with van der Waals surface area (Å²) in [6.07, 6.45) is 3.18. The van der Waals surface area contributed by atoms with Gasteiger partial charge in [-0.05, 0) is 37.5 Å². The molecule has 0 aliphatic heterocycles. The monoisotopic (exact) mass is 339 g/mol. The lowest BCUT2D eigenvalue weighted by Crippen LogP contribution is -2.38. The standard InChI is InChI=1S/C18H30FN3O2/c1-4-6-11-24-12-7-10-21-18(20-5-2)22-14-15-8-9-17(23-3)16(19)13-15/h8-9,13H,4-7,10-12,14H2,1-3H3,(H2,20,21,22). The summed E-state index contributed by atoms with van der Waals surface area (Å²) < 4.78 is 24.1. The molecule has 0 aliphatic carbocycles. The number of hydrogen-bond donors (Lipinski definition) is 2. The largest absolute Gasteiger partial charge is 0.494 e. The third-order valence-electron chi connectivity index (χ3n) is 3.38. The number of ether oxygens (including phenoxy) is 2. The van der Waals surface area contributed by atoms with Crippen LogP contribution in [0.2, 0.25) is 0 Å². The van der Waals surface area contributed by atoms with Gasteiger partial charge in [-0.2, -0.15) is 0 Å². The van der Waals surface area contributed by atoms with Crippen molar-refractivity contribution in [3.63, 3.8) is 0 Å². The molecule has 0 aliphatic rings. The van der Waals surface area contributed by atoms with E-state index in [2.05, 4.69) is 22.5 Å². The van der Waals surface area contributed by atoms with Gasteiger partial charge in [0, 0.05) is 26.3 Å². The first kappa shape index (κ1) is 20.2. The first-order chi connectivity index (χ1) is 11.7. The molecule has 0 saturated heterocycles. The highest BCUT2D eigenvalue weighted by molar-refractivity contribution is 5.79. The molecule has 0 radical (unpaired) electrons. The number of benzene rings is 1. The van der Waals surface area contributed by atoms with Gasteiger partial charge in [0.05, 0.1) is 13.7 Å². The number of unbranched alkanes of at least 4 members (excludes halogenated alkanes) is 1. The van der Waals surface area contributed by atoms with E-state index in [0.29, 0.717) is 6.54 Å². The molecule has 1 aromatic carbocycles. The molecule has 6 heteroatoms. The van der Waals surface area contributed by atoms with Crippen molar-refractivity contribution in [2.24, 2.45) is 4.99 Å². The predicted octanol–water partition coefficient (Wildman–Crippen LogP) is 3.10. The number of guanidine groups is 1. The van der Waals surface area contributed by atoms with Crippen molar-refractivity contribution < 1.29 is 13.9 Å². The minimum atomic E-state index is -0.368. The summed E-state index contributed by atoms with van der Waals surface area (Å²) in [5, 5.41) is 6.44. The zero-order valence-corrected chi connectivity index (χ0v) is 15.0. The van der Waals surface area contributed by atoms with Gasteiger partial charge in [0.1, 0.15) is 0 Å². The first-order valence-electron chi connectivity index (χ1n) is 8.63. The fourth-order valence-electron chi connectivity index (χ4n) is 2.05. The molecule has 0 unspecified atom stereocenters. The average Bonchev–Trinajstić information content (AvgIpc) is 2.59. The van der Waals surface area contributed by atoms with E-state index in [0.717, 1.165) is 57.1 Å². The molecule has 0 saturated carbocycles. The zero-order valence-electron chi connectivity index (χ0n) is 15.0. The minimum Gasteiger partial charge on any atom is -0.494 e.